The van der Waals surface area contributed by atoms with E-state index in [-0.39, 0.29) is 24.4 Å². The van der Waals surface area contributed by atoms with Gasteiger partial charge in [-0.05, 0) is 35.2 Å². The molecule has 1 aliphatic rings. The van der Waals surface area contributed by atoms with Crippen molar-refractivity contribution >= 4 is 0 Å². The van der Waals surface area contributed by atoms with Crippen molar-refractivity contribution in [3.8, 4) is 0 Å². The summed E-state index contributed by atoms with van der Waals surface area (Å²) in [6, 6.07) is 41.5. The van der Waals surface area contributed by atoms with Crippen molar-refractivity contribution in [2.45, 2.75) is 70.5 Å². The SMILES string of the molecule is CCCCN1C[C@H](OCc2ccccc2)[C@@H](OCc2ccccc2)[C@H](OCc2ccccc2)[C@H]1COCc1ccccc1. The minimum atomic E-state index is -0.268. The van der Waals surface area contributed by atoms with Gasteiger partial charge in [0.15, 0.2) is 0 Å². The van der Waals surface area contributed by atoms with Gasteiger partial charge < -0.3 is 18.9 Å². The molecule has 4 atom stereocenters. The quantitative estimate of drug-likeness (QED) is 0.138. The van der Waals surface area contributed by atoms with Crippen molar-refractivity contribution in [2.75, 3.05) is 19.7 Å². The van der Waals surface area contributed by atoms with Crippen molar-refractivity contribution < 1.29 is 18.9 Å². The molecule has 0 N–H and O–H groups in total. The maximum absolute atomic E-state index is 6.85. The lowest BCUT2D eigenvalue weighted by molar-refractivity contribution is -0.210. The average molecular weight is 580 g/mol. The molecule has 5 rings (SSSR count). The summed E-state index contributed by atoms with van der Waals surface area (Å²) in [5.74, 6) is 0. The predicted molar refractivity (Wildman–Crippen MR) is 171 cm³/mol. The van der Waals surface area contributed by atoms with E-state index in [9.17, 15) is 0 Å². The van der Waals surface area contributed by atoms with E-state index in [2.05, 4.69) is 109 Å². The Labute approximate surface area is 257 Å². The van der Waals surface area contributed by atoms with Gasteiger partial charge in [0.1, 0.15) is 12.2 Å². The first-order chi connectivity index (χ1) is 21.3. The van der Waals surface area contributed by atoms with Crippen LogP contribution in [0.2, 0.25) is 0 Å². The highest BCUT2D eigenvalue weighted by molar-refractivity contribution is 5.16. The van der Waals surface area contributed by atoms with Crippen LogP contribution in [0, 0.1) is 0 Å². The molecule has 0 aromatic heterocycles. The zero-order chi connectivity index (χ0) is 29.5. The maximum Gasteiger partial charge on any atom is 0.113 e. The van der Waals surface area contributed by atoms with Crippen molar-refractivity contribution in [1.82, 2.24) is 4.90 Å². The van der Waals surface area contributed by atoms with E-state index in [0.717, 1.165) is 42.6 Å². The van der Waals surface area contributed by atoms with E-state index >= 15 is 0 Å². The van der Waals surface area contributed by atoms with Crippen molar-refractivity contribution in [1.29, 1.82) is 0 Å². The molecule has 4 aromatic carbocycles. The Morgan fingerprint density at radius 1 is 0.558 bits per heavy atom. The van der Waals surface area contributed by atoms with Crippen LogP contribution in [-0.2, 0) is 45.4 Å². The number of piperidine rings is 1. The lowest BCUT2D eigenvalue weighted by Gasteiger charge is -2.48. The number of nitrogens with zero attached hydrogens (tertiary/aromatic N) is 1. The van der Waals surface area contributed by atoms with Crippen LogP contribution in [0.5, 0.6) is 0 Å². The van der Waals surface area contributed by atoms with Gasteiger partial charge in [-0.25, -0.2) is 0 Å². The molecule has 0 amide bonds. The van der Waals surface area contributed by atoms with Crippen molar-refractivity contribution in [2.24, 2.45) is 0 Å². The molecule has 5 heteroatoms. The van der Waals surface area contributed by atoms with E-state index in [1.54, 1.807) is 0 Å². The molecule has 0 bridgehead atoms. The minimum absolute atomic E-state index is 0.0244. The summed E-state index contributed by atoms with van der Waals surface area (Å²) in [5.41, 5.74) is 4.60. The number of hydrogen-bond acceptors (Lipinski definition) is 5. The van der Waals surface area contributed by atoms with Crippen LogP contribution in [0.3, 0.4) is 0 Å². The zero-order valence-electron chi connectivity index (χ0n) is 25.3. The molecule has 0 saturated carbocycles. The highest BCUT2D eigenvalue weighted by atomic mass is 16.6. The Bertz CT molecular complexity index is 1290. The number of unbranched alkanes of at least 4 members (excludes halogenated alkanes) is 1. The summed E-state index contributed by atoms with van der Waals surface area (Å²) in [7, 11) is 0. The molecular formula is C38H45NO4. The van der Waals surface area contributed by atoms with Crippen LogP contribution in [0.25, 0.3) is 0 Å². The van der Waals surface area contributed by atoms with Gasteiger partial charge >= 0.3 is 0 Å². The van der Waals surface area contributed by atoms with Gasteiger partial charge in [0.05, 0.1) is 45.2 Å². The van der Waals surface area contributed by atoms with Gasteiger partial charge in [0.2, 0.25) is 0 Å². The first-order valence-corrected chi connectivity index (χ1v) is 15.6. The fourth-order valence-corrected chi connectivity index (χ4v) is 5.67. The minimum Gasteiger partial charge on any atom is -0.375 e. The molecule has 4 aromatic rings. The van der Waals surface area contributed by atoms with Crippen LogP contribution in [-0.4, -0.2) is 49.0 Å². The fourth-order valence-electron chi connectivity index (χ4n) is 5.67. The van der Waals surface area contributed by atoms with Crippen LogP contribution in [0.15, 0.2) is 121 Å². The molecule has 1 fully saturated rings. The lowest BCUT2D eigenvalue weighted by Crippen LogP contribution is -2.64. The van der Waals surface area contributed by atoms with E-state index < -0.39 is 0 Å². The van der Waals surface area contributed by atoms with Gasteiger partial charge in [-0.15, -0.1) is 0 Å². The van der Waals surface area contributed by atoms with E-state index in [0.29, 0.717) is 33.0 Å². The third-order valence-corrected chi connectivity index (χ3v) is 8.03. The predicted octanol–water partition coefficient (Wildman–Crippen LogP) is 7.44. The van der Waals surface area contributed by atoms with Gasteiger partial charge in [0, 0.05) is 6.54 Å². The molecule has 226 valence electrons. The number of ether oxygens (including phenoxy) is 4. The summed E-state index contributed by atoms with van der Waals surface area (Å²) in [6.45, 7) is 6.59. The topological polar surface area (TPSA) is 40.2 Å². The standard InChI is InChI=1S/C38H45NO4/c1-2-3-24-39-25-36(41-27-32-18-10-5-11-19-32)38(43-29-34-22-14-7-15-23-34)37(42-28-33-20-12-6-13-21-33)35(39)30-40-26-31-16-8-4-9-17-31/h4-23,35-38H,2-3,24-30H2,1H3/t35-,36+,37-,38-/m1/s1. The van der Waals surface area contributed by atoms with Gasteiger partial charge in [-0.3, -0.25) is 4.90 Å². The van der Waals surface area contributed by atoms with Gasteiger partial charge in [0.25, 0.3) is 0 Å². The molecule has 1 saturated heterocycles. The highest BCUT2D eigenvalue weighted by Gasteiger charge is 2.46. The highest BCUT2D eigenvalue weighted by Crippen LogP contribution is 2.29. The largest absolute Gasteiger partial charge is 0.375 e. The third kappa shape index (κ3) is 9.59. The average Bonchev–Trinajstić information content (AvgIpc) is 3.07. The Kier molecular flexibility index (Phi) is 12.4. The second kappa shape index (κ2) is 17.1. The van der Waals surface area contributed by atoms with Gasteiger partial charge in [-0.1, -0.05) is 135 Å². The first-order valence-electron chi connectivity index (χ1n) is 15.6. The summed E-state index contributed by atoms with van der Waals surface area (Å²) in [5, 5.41) is 0. The lowest BCUT2D eigenvalue weighted by atomic mass is 9.92. The molecule has 5 nitrogen and oxygen atoms in total. The molecule has 0 aliphatic carbocycles. The molecule has 1 aliphatic heterocycles. The summed E-state index contributed by atoms with van der Waals surface area (Å²) in [6.07, 6.45) is 1.54. The monoisotopic (exact) mass is 579 g/mol. The second-order valence-corrected chi connectivity index (χ2v) is 11.3. The number of likely N-dealkylation sites (tertiary alicyclic amines) is 1. The molecule has 0 spiro atoms. The number of hydrogen-bond donors (Lipinski definition) is 0. The first kappa shape index (κ1) is 31.1. The van der Waals surface area contributed by atoms with Gasteiger partial charge in [-0.2, -0.15) is 0 Å². The Morgan fingerprint density at radius 3 is 1.49 bits per heavy atom. The summed E-state index contributed by atoms with van der Waals surface area (Å²) < 4.78 is 26.7. The summed E-state index contributed by atoms with van der Waals surface area (Å²) in [4.78, 5) is 2.52. The smallest absolute Gasteiger partial charge is 0.113 e. The van der Waals surface area contributed by atoms with Crippen LogP contribution in [0.4, 0.5) is 0 Å². The van der Waals surface area contributed by atoms with Crippen LogP contribution < -0.4 is 0 Å². The second-order valence-electron chi connectivity index (χ2n) is 11.3. The molecule has 1 heterocycles. The van der Waals surface area contributed by atoms with E-state index in [1.165, 1.54) is 5.56 Å². The van der Waals surface area contributed by atoms with Crippen LogP contribution >= 0.6 is 0 Å². The summed E-state index contributed by atoms with van der Waals surface area (Å²) >= 11 is 0. The molecule has 0 radical (unpaired) electrons. The molecular weight excluding hydrogens is 534 g/mol. The number of rotatable bonds is 16. The van der Waals surface area contributed by atoms with E-state index in [4.69, 9.17) is 18.9 Å². The third-order valence-electron chi connectivity index (χ3n) is 8.03. The fraction of sp³-hybridized carbons (Fsp3) is 0.368. The Morgan fingerprint density at radius 2 is 1.00 bits per heavy atom. The molecule has 0 unspecified atom stereocenters. The van der Waals surface area contributed by atoms with E-state index in [1.807, 2.05) is 24.3 Å². The maximum atomic E-state index is 6.85. The molecule has 43 heavy (non-hydrogen) atoms. The Hall–Kier alpha value is -3.32. The van der Waals surface area contributed by atoms with Crippen LogP contribution in [0.1, 0.15) is 42.0 Å². The van der Waals surface area contributed by atoms with Crippen molar-refractivity contribution in [3.63, 3.8) is 0 Å². The van der Waals surface area contributed by atoms with Crippen molar-refractivity contribution in [3.05, 3.63) is 144 Å². The normalized spacial score (nSPS) is 20.7. The zero-order valence-corrected chi connectivity index (χ0v) is 25.3. The Balaban J connectivity index is 1.41. The number of benzene rings is 4.